The minimum absolute atomic E-state index is 0.0454. The van der Waals surface area contributed by atoms with Crippen molar-refractivity contribution >= 4 is 11.8 Å². The average molecular weight is 357 g/mol. The molecule has 1 aliphatic rings. The molecule has 0 radical (unpaired) electrons. The first-order valence-electron chi connectivity index (χ1n) is 8.65. The molecule has 26 heavy (non-hydrogen) atoms. The summed E-state index contributed by atoms with van der Waals surface area (Å²) in [5.41, 5.74) is 2.30. The van der Waals surface area contributed by atoms with E-state index in [0.717, 1.165) is 17.0 Å². The van der Waals surface area contributed by atoms with Crippen LogP contribution in [0.2, 0.25) is 0 Å². The molecule has 1 aliphatic heterocycles. The fourth-order valence-corrected chi connectivity index (χ4v) is 2.99. The lowest BCUT2D eigenvalue weighted by Gasteiger charge is -2.34. The Balaban J connectivity index is 1.63. The van der Waals surface area contributed by atoms with Crippen LogP contribution in [-0.4, -0.2) is 52.9 Å². The highest BCUT2D eigenvalue weighted by atomic mass is 16.5. The number of ether oxygens (including phenoxy) is 1. The van der Waals surface area contributed by atoms with Crippen LogP contribution in [0.25, 0.3) is 0 Å². The summed E-state index contributed by atoms with van der Waals surface area (Å²) < 4.78 is 10.9. The minimum atomic E-state index is -0.0454. The van der Waals surface area contributed by atoms with Crippen LogP contribution in [0.1, 0.15) is 34.3 Å². The van der Waals surface area contributed by atoms with Crippen molar-refractivity contribution in [1.82, 2.24) is 15.0 Å². The Labute approximate surface area is 152 Å². The molecule has 0 N–H and O–H groups in total. The van der Waals surface area contributed by atoms with Crippen LogP contribution in [0.5, 0.6) is 5.75 Å². The number of carbonyl (C=O) groups excluding carboxylic acids is 2. The molecule has 7 nitrogen and oxygen atoms in total. The zero-order valence-electron chi connectivity index (χ0n) is 15.3. The number of hydrogen-bond acceptors (Lipinski definition) is 5. The Morgan fingerprint density at radius 2 is 1.85 bits per heavy atom. The van der Waals surface area contributed by atoms with Crippen molar-refractivity contribution in [3.05, 3.63) is 46.8 Å². The van der Waals surface area contributed by atoms with Gasteiger partial charge in [-0.25, -0.2) is 0 Å². The number of piperazine rings is 1. The molecular weight excluding hydrogens is 334 g/mol. The molecule has 0 unspecified atom stereocenters. The Bertz CT molecular complexity index is 787. The van der Waals surface area contributed by atoms with Crippen molar-refractivity contribution in [1.29, 1.82) is 0 Å². The van der Waals surface area contributed by atoms with Crippen molar-refractivity contribution < 1.29 is 18.8 Å². The van der Waals surface area contributed by atoms with Gasteiger partial charge in [0.05, 0.1) is 11.3 Å². The van der Waals surface area contributed by atoms with Crippen LogP contribution in [0.4, 0.5) is 0 Å². The molecule has 1 aromatic carbocycles. The summed E-state index contributed by atoms with van der Waals surface area (Å²) in [5, 5.41) is 3.91. The lowest BCUT2D eigenvalue weighted by Crippen LogP contribution is -2.50. The van der Waals surface area contributed by atoms with Crippen LogP contribution >= 0.6 is 0 Å². The summed E-state index contributed by atoms with van der Waals surface area (Å²) in [7, 11) is 0. The quantitative estimate of drug-likeness (QED) is 0.838. The second kappa shape index (κ2) is 7.59. The molecule has 3 rings (SSSR count). The van der Waals surface area contributed by atoms with Gasteiger partial charge in [-0.2, -0.15) is 0 Å². The normalized spacial score (nSPS) is 14.4. The van der Waals surface area contributed by atoms with Gasteiger partial charge >= 0.3 is 0 Å². The Morgan fingerprint density at radius 1 is 1.15 bits per heavy atom. The van der Waals surface area contributed by atoms with Crippen molar-refractivity contribution in [3.8, 4) is 5.75 Å². The van der Waals surface area contributed by atoms with E-state index in [1.165, 1.54) is 0 Å². The molecule has 2 amide bonds. The molecule has 1 saturated heterocycles. The third kappa shape index (κ3) is 3.87. The van der Waals surface area contributed by atoms with E-state index >= 15 is 0 Å². The molecule has 0 bridgehead atoms. The number of rotatable bonds is 4. The number of carbonyl (C=O) groups is 2. The smallest absolute Gasteiger partial charge is 0.254 e. The first-order chi connectivity index (χ1) is 12.5. The van der Waals surface area contributed by atoms with Gasteiger partial charge in [0.15, 0.2) is 0 Å². The predicted molar refractivity (Wildman–Crippen MR) is 94.9 cm³/mol. The van der Waals surface area contributed by atoms with Crippen LogP contribution in [0.15, 0.2) is 28.8 Å². The summed E-state index contributed by atoms with van der Waals surface area (Å²) in [5.74, 6) is 1.36. The Kier molecular flexibility index (Phi) is 5.25. The standard InChI is InChI=1S/C19H23N3O4/c1-13-18(14(2)26-20-13)12-25-17-6-4-5-16(11-17)19(24)22-9-7-21(8-10-22)15(3)23/h4-6,11H,7-10,12H2,1-3H3. The van der Waals surface area contributed by atoms with E-state index in [2.05, 4.69) is 5.16 Å². The van der Waals surface area contributed by atoms with E-state index < -0.39 is 0 Å². The number of aryl methyl sites for hydroxylation is 2. The Morgan fingerprint density at radius 3 is 2.46 bits per heavy atom. The maximum absolute atomic E-state index is 12.7. The van der Waals surface area contributed by atoms with Gasteiger partial charge in [0.25, 0.3) is 5.91 Å². The molecule has 7 heteroatoms. The highest BCUT2D eigenvalue weighted by Gasteiger charge is 2.23. The van der Waals surface area contributed by atoms with Crippen molar-refractivity contribution in [2.45, 2.75) is 27.4 Å². The first kappa shape index (κ1) is 18.0. The highest BCUT2D eigenvalue weighted by molar-refractivity contribution is 5.94. The van der Waals surface area contributed by atoms with Gasteiger partial charge in [0, 0.05) is 38.7 Å². The van der Waals surface area contributed by atoms with Gasteiger partial charge in [-0.1, -0.05) is 11.2 Å². The number of aromatic nitrogens is 1. The maximum atomic E-state index is 12.7. The van der Waals surface area contributed by atoms with Gasteiger partial charge in [0.1, 0.15) is 18.1 Å². The first-order valence-corrected chi connectivity index (χ1v) is 8.65. The predicted octanol–water partition coefficient (Wildman–Crippen LogP) is 2.17. The fraction of sp³-hybridized carbons (Fsp3) is 0.421. The largest absolute Gasteiger partial charge is 0.489 e. The molecule has 0 aliphatic carbocycles. The summed E-state index contributed by atoms with van der Waals surface area (Å²) in [6.07, 6.45) is 0. The van der Waals surface area contributed by atoms with Gasteiger partial charge in [-0.05, 0) is 32.0 Å². The van der Waals surface area contributed by atoms with Gasteiger partial charge in [0.2, 0.25) is 5.91 Å². The van der Waals surface area contributed by atoms with Crippen LogP contribution < -0.4 is 4.74 Å². The molecule has 0 atom stereocenters. The van der Waals surface area contributed by atoms with E-state index in [4.69, 9.17) is 9.26 Å². The topological polar surface area (TPSA) is 75.9 Å². The zero-order chi connectivity index (χ0) is 18.7. The molecule has 1 fully saturated rings. The SMILES string of the molecule is CC(=O)N1CCN(C(=O)c2cccc(OCc3c(C)noc3C)c2)CC1. The highest BCUT2D eigenvalue weighted by Crippen LogP contribution is 2.19. The van der Waals surface area contributed by atoms with E-state index in [1.54, 1.807) is 28.9 Å². The van der Waals surface area contributed by atoms with Crippen molar-refractivity contribution in [2.24, 2.45) is 0 Å². The third-order valence-corrected chi connectivity index (χ3v) is 4.66. The molecule has 1 aromatic heterocycles. The molecular formula is C19H23N3O4. The summed E-state index contributed by atoms with van der Waals surface area (Å²) in [6, 6.07) is 7.16. The van der Waals surface area contributed by atoms with E-state index in [9.17, 15) is 9.59 Å². The van der Waals surface area contributed by atoms with Gasteiger partial charge < -0.3 is 19.1 Å². The van der Waals surface area contributed by atoms with Crippen molar-refractivity contribution in [2.75, 3.05) is 26.2 Å². The van der Waals surface area contributed by atoms with E-state index in [1.807, 2.05) is 26.0 Å². The lowest BCUT2D eigenvalue weighted by atomic mass is 10.1. The average Bonchev–Trinajstić information content (AvgIpc) is 2.97. The number of nitrogens with zero attached hydrogens (tertiary/aromatic N) is 3. The second-order valence-electron chi connectivity index (χ2n) is 6.42. The minimum Gasteiger partial charge on any atom is -0.489 e. The molecule has 0 saturated carbocycles. The monoisotopic (exact) mass is 357 g/mol. The van der Waals surface area contributed by atoms with E-state index in [0.29, 0.717) is 44.1 Å². The number of amides is 2. The third-order valence-electron chi connectivity index (χ3n) is 4.66. The fourth-order valence-electron chi connectivity index (χ4n) is 2.99. The Hall–Kier alpha value is -2.83. The van der Waals surface area contributed by atoms with Crippen molar-refractivity contribution in [3.63, 3.8) is 0 Å². The van der Waals surface area contributed by atoms with Crippen LogP contribution in [-0.2, 0) is 11.4 Å². The number of benzene rings is 1. The van der Waals surface area contributed by atoms with Gasteiger partial charge in [-0.3, -0.25) is 9.59 Å². The molecule has 138 valence electrons. The second-order valence-corrected chi connectivity index (χ2v) is 6.42. The maximum Gasteiger partial charge on any atom is 0.254 e. The van der Waals surface area contributed by atoms with Crippen LogP contribution in [0.3, 0.4) is 0 Å². The molecule has 2 aromatic rings. The van der Waals surface area contributed by atoms with Gasteiger partial charge in [-0.15, -0.1) is 0 Å². The summed E-state index contributed by atoms with van der Waals surface area (Å²) >= 11 is 0. The lowest BCUT2D eigenvalue weighted by molar-refractivity contribution is -0.130. The zero-order valence-corrected chi connectivity index (χ0v) is 15.3. The summed E-state index contributed by atoms with van der Waals surface area (Å²) in [6.45, 7) is 7.85. The molecule has 0 spiro atoms. The molecule has 2 heterocycles. The summed E-state index contributed by atoms with van der Waals surface area (Å²) in [4.78, 5) is 27.6. The van der Waals surface area contributed by atoms with E-state index in [-0.39, 0.29) is 11.8 Å². The number of hydrogen-bond donors (Lipinski definition) is 0. The van der Waals surface area contributed by atoms with Crippen LogP contribution in [0, 0.1) is 13.8 Å².